The molecule has 1 saturated heterocycles. The first-order valence-corrected chi connectivity index (χ1v) is 4.33. The summed E-state index contributed by atoms with van der Waals surface area (Å²) in [4.78, 5) is 13.1. The van der Waals surface area contributed by atoms with E-state index in [4.69, 9.17) is 4.74 Å². The molecule has 1 amide bonds. The van der Waals surface area contributed by atoms with Crippen LogP contribution in [0.1, 0.15) is 6.42 Å². The molecule has 0 bridgehead atoms. The summed E-state index contributed by atoms with van der Waals surface area (Å²) in [5.41, 5.74) is 0. The van der Waals surface area contributed by atoms with Gasteiger partial charge in [-0.15, -0.1) is 0 Å². The highest BCUT2D eigenvalue weighted by Gasteiger charge is 2.11. The van der Waals surface area contributed by atoms with Crippen LogP contribution >= 0.6 is 0 Å². The van der Waals surface area contributed by atoms with E-state index in [1.54, 1.807) is 7.05 Å². The van der Waals surface area contributed by atoms with Gasteiger partial charge < -0.3 is 10.1 Å². The lowest BCUT2D eigenvalue weighted by Gasteiger charge is -2.17. The second kappa shape index (κ2) is 5.11. The number of likely N-dealkylation sites (N-methyl/N-ethyl adjacent to an activating group) is 1. The summed E-state index contributed by atoms with van der Waals surface area (Å²) >= 11 is 0. The fourth-order valence-corrected chi connectivity index (χ4v) is 1.24. The van der Waals surface area contributed by atoms with Crippen LogP contribution in [-0.4, -0.2) is 50.7 Å². The van der Waals surface area contributed by atoms with E-state index in [0.717, 1.165) is 32.7 Å². The second-order valence-corrected chi connectivity index (χ2v) is 2.92. The number of ether oxygens (including phenoxy) is 1. The zero-order valence-electron chi connectivity index (χ0n) is 7.51. The van der Waals surface area contributed by atoms with Gasteiger partial charge in [-0.05, 0) is 6.42 Å². The predicted molar refractivity (Wildman–Crippen MR) is 45.9 cm³/mol. The SMILES string of the molecule is CNC(=O)CN1CCCOCC1. The average molecular weight is 172 g/mol. The van der Waals surface area contributed by atoms with E-state index in [2.05, 4.69) is 10.2 Å². The molecule has 0 unspecified atom stereocenters. The third-order valence-electron chi connectivity index (χ3n) is 1.96. The zero-order valence-corrected chi connectivity index (χ0v) is 7.51. The molecule has 0 aromatic rings. The number of nitrogens with zero attached hydrogens (tertiary/aromatic N) is 1. The molecule has 1 fully saturated rings. The van der Waals surface area contributed by atoms with E-state index in [1.807, 2.05) is 0 Å². The summed E-state index contributed by atoms with van der Waals surface area (Å²) in [6, 6.07) is 0. The number of nitrogens with one attached hydrogen (secondary N) is 1. The molecule has 0 saturated carbocycles. The lowest BCUT2D eigenvalue weighted by atomic mass is 10.4. The largest absolute Gasteiger partial charge is 0.380 e. The standard InChI is InChI=1S/C8H16N2O2/c1-9-8(11)7-10-3-2-5-12-6-4-10/h2-7H2,1H3,(H,9,11). The van der Waals surface area contributed by atoms with Gasteiger partial charge in [0.25, 0.3) is 0 Å². The highest BCUT2D eigenvalue weighted by molar-refractivity contribution is 5.77. The van der Waals surface area contributed by atoms with Gasteiger partial charge in [-0.3, -0.25) is 9.69 Å². The van der Waals surface area contributed by atoms with Crippen molar-refractivity contribution in [3.63, 3.8) is 0 Å². The van der Waals surface area contributed by atoms with Gasteiger partial charge in [0, 0.05) is 26.7 Å². The highest BCUT2D eigenvalue weighted by atomic mass is 16.5. The van der Waals surface area contributed by atoms with E-state index >= 15 is 0 Å². The molecular formula is C8H16N2O2. The van der Waals surface area contributed by atoms with Crippen molar-refractivity contribution in [1.29, 1.82) is 0 Å². The molecule has 0 spiro atoms. The van der Waals surface area contributed by atoms with Crippen LogP contribution in [0.15, 0.2) is 0 Å². The minimum atomic E-state index is 0.0805. The fraction of sp³-hybridized carbons (Fsp3) is 0.875. The Hall–Kier alpha value is -0.610. The number of carbonyl (C=O) groups is 1. The maximum Gasteiger partial charge on any atom is 0.233 e. The van der Waals surface area contributed by atoms with Crippen LogP contribution in [0.3, 0.4) is 0 Å². The molecule has 0 aromatic heterocycles. The quantitative estimate of drug-likeness (QED) is 0.608. The van der Waals surface area contributed by atoms with Crippen molar-refractivity contribution in [2.24, 2.45) is 0 Å². The molecule has 1 aliphatic rings. The highest BCUT2D eigenvalue weighted by Crippen LogP contribution is 1.97. The minimum absolute atomic E-state index is 0.0805. The van der Waals surface area contributed by atoms with Crippen LogP contribution in [0, 0.1) is 0 Å². The Morgan fingerprint density at radius 1 is 1.50 bits per heavy atom. The molecule has 1 aliphatic heterocycles. The van der Waals surface area contributed by atoms with Gasteiger partial charge in [0.05, 0.1) is 13.2 Å². The molecule has 4 heteroatoms. The summed E-state index contributed by atoms with van der Waals surface area (Å²) < 4.78 is 5.27. The van der Waals surface area contributed by atoms with E-state index in [0.29, 0.717) is 6.54 Å². The van der Waals surface area contributed by atoms with Gasteiger partial charge in [0.1, 0.15) is 0 Å². The van der Waals surface area contributed by atoms with Crippen LogP contribution < -0.4 is 5.32 Å². The Morgan fingerprint density at radius 3 is 3.08 bits per heavy atom. The van der Waals surface area contributed by atoms with E-state index in [9.17, 15) is 4.79 Å². The van der Waals surface area contributed by atoms with Crippen LogP contribution in [0.2, 0.25) is 0 Å². The third-order valence-corrected chi connectivity index (χ3v) is 1.96. The first kappa shape index (κ1) is 9.48. The molecule has 0 aromatic carbocycles. The fourth-order valence-electron chi connectivity index (χ4n) is 1.24. The van der Waals surface area contributed by atoms with Crippen molar-refractivity contribution in [2.45, 2.75) is 6.42 Å². The molecule has 0 radical (unpaired) electrons. The topological polar surface area (TPSA) is 41.6 Å². The van der Waals surface area contributed by atoms with Crippen LogP contribution in [0.5, 0.6) is 0 Å². The van der Waals surface area contributed by atoms with Gasteiger partial charge in [-0.1, -0.05) is 0 Å². The zero-order chi connectivity index (χ0) is 8.81. The number of hydrogen-bond donors (Lipinski definition) is 1. The number of amides is 1. The lowest BCUT2D eigenvalue weighted by Crippen LogP contribution is -2.36. The minimum Gasteiger partial charge on any atom is -0.380 e. The predicted octanol–water partition coefficient (Wildman–Crippen LogP) is -0.545. The van der Waals surface area contributed by atoms with Crippen molar-refractivity contribution < 1.29 is 9.53 Å². The van der Waals surface area contributed by atoms with E-state index in [-0.39, 0.29) is 5.91 Å². The maximum absolute atomic E-state index is 11.0. The number of hydrogen-bond acceptors (Lipinski definition) is 3. The molecule has 1 heterocycles. The summed E-state index contributed by atoms with van der Waals surface area (Å²) in [6.45, 7) is 3.90. The smallest absolute Gasteiger partial charge is 0.233 e. The molecular weight excluding hydrogens is 156 g/mol. The Balaban J connectivity index is 2.24. The normalized spacial score (nSPS) is 20.1. The van der Waals surface area contributed by atoms with Crippen LogP contribution in [0.25, 0.3) is 0 Å². The van der Waals surface area contributed by atoms with Gasteiger partial charge in [-0.2, -0.15) is 0 Å². The van der Waals surface area contributed by atoms with Crippen LogP contribution in [-0.2, 0) is 9.53 Å². The van der Waals surface area contributed by atoms with E-state index < -0.39 is 0 Å². The van der Waals surface area contributed by atoms with Gasteiger partial charge in [0.2, 0.25) is 5.91 Å². The molecule has 4 nitrogen and oxygen atoms in total. The summed E-state index contributed by atoms with van der Waals surface area (Å²) in [5, 5.41) is 2.61. The van der Waals surface area contributed by atoms with Crippen LogP contribution in [0.4, 0.5) is 0 Å². The average Bonchev–Trinajstić information content (AvgIpc) is 2.33. The molecule has 1 N–H and O–H groups in total. The van der Waals surface area contributed by atoms with Crippen molar-refractivity contribution in [3.05, 3.63) is 0 Å². The van der Waals surface area contributed by atoms with Gasteiger partial charge in [0.15, 0.2) is 0 Å². The van der Waals surface area contributed by atoms with Crippen molar-refractivity contribution in [1.82, 2.24) is 10.2 Å². The van der Waals surface area contributed by atoms with Crippen molar-refractivity contribution >= 4 is 5.91 Å². The molecule has 1 rings (SSSR count). The number of rotatable bonds is 2. The Kier molecular flexibility index (Phi) is 4.04. The molecule has 12 heavy (non-hydrogen) atoms. The first-order chi connectivity index (χ1) is 5.83. The summed E-state index contributed by atoms with van der Waals surface area (Å²) in [6.07, 6.45) is 1.02. The first-order valence-electron chi connectivity index (χ1n) is 4.33. The molecule has 0 aliphatic carbocycles. The monoisotopic (exact) mass is 172 g/mol. The molecule has 0 atom stereocenters. The maximum atomic E-state index is 11.0. The van der Waals surface area contributed by atoms with Crippen molar-refractivity contribution in [3.8, 4) is 0 Å². The number of carbonyl (C=O) groups excluding carboxylic acids is 1. The van der Waals surface area contributed by atoms with Gasteiger partial charge >= 0.3 is 0 Å². The second-order valence-electron chi connectivity index (χ2n) is 2.92. The van der Waals surface area contributed by atoms with Gasteiger partial charge in [-0.25, -0.2) is 0 Å². The van der Waals surface area contributed by atoms with E-state index in [1.165, 1.54) is 0 Å². The lowest BCUT2D eigenvalue weighted by molar-refractivity contribution is -0.121. The Bertz CT molecular complexity index is 142. The van der Waals surface area contributed by atoms with Crippen molar-refractivity contribution in [2.75, 3.05) is 39.9 Å². The molecule has 70 valence electrons. The summed E-state index contributed by atoms with van der Waals surface area (Å²) in [7, 11) is 1.66. The third kappa shape index (κ3) is 3.19. The Labute approximate surface area is 72.9 Å². The Morgan fingerprint density at radius 2 is 2.33 bits per heavy atom. The summed E-state index contributed by atoms with van der Waals surface area (Å²) in [5.74, 6) is 0.0805.